The molecule has 2 fully saturated rings. The maximum Gasteiger partial charge on any atom is 0.330 e. The van der Waals surface area contributed by atoms with Crippen LogP contribution in [0.3, 0.4) is 0 Å². The van der Waals surface area contributed by atoms with E-state index in [-0.39, 0.29) is 17.4 Å². The molecule has 0 amide bonds. The molecule has 4 nitrogen and oxygen atoms in total. The molecule has 4 atom stereocenters. The van der Waals surface area contributed by atoms with Crippen LogP contribution < -0.4 is 0 Å². The summed E-state index contributed by atoms with van der Waals surface area (Å²) < 4.78 is 9.90. The lowest BCUT2D eigenvalue weighted by atomic mass is 9.46. The minimum Gasteiger partial charge on any atom is -0.469 e. The molecule has 0 aliphatic heterocycles. The van der Waals surface area contributed by atoms with Crippen molar-refractivity contribution in [3.05, 3.63) is 23.8 Å². The summed E-state index contributed by atoms with van der Waals surface area (Å²) >= 11 is 0. The van der Waals surface area contributed by atoms with Gasteiger partial charge in [0.25, 0.3) is 0 Å². The van der Waals surface area contributed by atoms with Crippen molar-refractivity contribution in [2.75, 3.05) is 14.2 Å². The summed E-state index contributed by atoms with van der Waals surface area (Å²) in [5.74, 6) is 0.314. The highest BCUT2D eigenvalue weighted by molar-refractivity contribution is 5.82. The van der Waals surface area contributed by atoms with E-state index >= 15 is 0 Å². The third kappa shape index (κ3) is 3.74. The lowest BCUT2D eigenvalue weighted by Gasteiger charge is -2.57. The topological polar surface area (TPSA) is 52.6 Å². The van der Waals surface area contributed by atoms with Gasteiger partial charge in [-0.25, -0.2) is 4.79 Å². The summed E-state index contributed by atoms with van der Waals surface area (Å²) in [6, 6.07) is 0. The first-order valence-electron chi connectivity index (χ1n) is 9.70. The first kappa shape index (κ1) is 20.7. The van der Waals surface area contributed by atoms with E-state index in [0.29, 0.717) is 11.8 Å². The Morgan fingerprint density at radius 3 is 2.54 bits per heavy atom. The van der Waals surface area contributed by atoms with Crippen molar-refractivity contribution in [1.82, 2.24) is 0 Å². The summed E-state index contributed by atoms with van der Waals surface area (Å²) in [4.78, 5) is 24.0. The molecule has 0 heterocycles. The number of ether oxygens (including phenoxy) is 2. The van der Waals surface area contributed by atoms with Crippen molar-refractivity contribution in [3.8, 4) is 0 Å². The number of esters is 2. The molecule has 0 bridgehead atoms. The number of hydrogen-bond donors (Lipinski definition) is 0. The number of carbonyl (C=O) groups is 2. The van der Waals surface area contributed by atoms with Crippen LogP contribution in [0.4, 0.5) is 0 Å². The van der Waals surface area contributed by atoms with Crippen molar-refractivity contribution in [2.24, 2.45) is 22.7 Å². The van der Waals surface area contributed by atoms with Crippen LogP contribution in [0.5, 0.6) is 0 Å². The molecule has 2 aliphatic rings. The van der Waals surface area contributed by atoms with Gasteiger partial charge in [-0.2, -0.15) is 0 Å². The standard InChI is InChI=1S/C22H34O4/c1-15(14-19(23)25-5)8-10-17-16(2)9-11-18-21(17,3)12-7-13-22(18,4)20(24)26-6/h14,17-18H,2,7-13H2,1,3-6H3/b15-14+/t17-,18+,21+,22+/m1/s1. The Hall–Kier alpha value is -1.58. The van der Waals surface area contributed by atoms with Crippen LogP contribution in [0.1, 0.15) is 65.7 Å². The molecule has 146 valence electrons. The highest BCUT2D eigenvalue weighted by atomic mass is 16.5. The maximum atomic E-state index is 12.6. The van der Waals surface area contributed by atoms with Crippen molar-refractivity contribution >= 4 is 11.9 Å². The highest BCUT2D eigenvalue weighted by Gasteiger charge is 2.57. The second kappa shape index (κ2) is 7.98. The maximum absolute atomic E-state index is 12.6. The molecule has 0 aromatic heterocycles. The van der Waals surface area contributed by atoms with Gasteiger partial charge in [-0.05, 0) is 69.6 Å². The summed E-state index contributed by atoms with van der Waals surface area (Å²) in [5.41, 5.74) is 1.98. The van der Waals surface area contributed by atoms with Crippen LogP contribution in [0.25, 0.3) is 0 Å². The fourth-order valence-corrected chi connectivity index (χ4v) is 5.66. The minimum absolute atomic E-state index is 0.0576. The van der Waals surface area contributed by atoms with E-state index in [9.17, 15) is 9.59 Å². The third-order valence-electron chi connectivity index (χ3n) is 7.06. The molecular weight excluding hydrogens is 328 g/mol. The first-order valence-corrected chi connectivity index (χ1v) is 9.70. The molecule has 2 saturated carbocycles. The Morgan fingerprint density at radius 1 is 1.23 bits per heavy atom. The van der Waals surface area contributed by atoms with Gasteiger partial charge < -0.3 is 9.47 Å². The summed E-state index contributed by atoms with van der Waals surface area (Å²) in [6.45, 7) is 10.8. The SMILES string of the molecule is C=C1CC[C@H]2[C@@](C)(CCC[C@]2(C)C(=O)OC)[C@@H]1CC/C(C)=C/C(=O)OC. The van der Waals surface area contributed by atoms with Crippen molar-refractivity contribution < 1.29 is 19.1 Å². The number of fused-ring (bicyclic) bond motifs is 1. The van der Waals surface area contributed by atoms with Gasteiger partial charge >= 0.3 is 11.9 Å². The Labute approximate surface area is 158 Å². The van der Waals surface area contributed by atoms with E-state index in [0.717, 1.165) is 50.5 Å². The summed E-state index contributed by atoms with van der Waals surface area (Å²) in [5, 5.41) is 0. The van der Waals surface area contributed by atoms with E-state index in [1.54, 1.807) is 6.08 Å². The Balaban J connectivity index is 2.23. The number of methoxy groups -OCH3 is 2. The second-order valence-electron chi connectivity index (χ2n) is 8.62. The molecule has 26 heavy (non-hydrogen) atoms. The Morgan fingerprint density at radius 2 is 1.92 bits per heavy atom. The summed E-state index contributed by atoms with van der Waals surface area (Å²) in [6.07, 6.45) is 8.42. The molecule has 0 radical (unpaired) electrons. The smallest absolute Gasteiger partial charge is 0.330 e. The van der Waals surface area contributed by atoms with Crippen molar-refractivity contribution in [3.63, 3.8) is 0 Å². The molecular formula is C22H34O4. The Bertz CT molecular complexity index is 605. The van der Waals surface area contributed by atoms with E-state index < -0.39 is 5.41 Å². The fraction of sp³-hybridized carbons (Fsp3) is 0.727. The zero-order valence-corrected chi connectivity index (χ0v) is 17.0. The average molecular weight is 363 g/mol. The van der Waals surface area contributed by atoms with Gasteiger partial charge in [-0.3, -0.25) is 4.79 Å². The van der Waals surface area contributed by atoms with Crippen LogP contribution in [0.15, 0.2) is 23.8 Å². The number of hydrogen-bond acceptors (Lipinski definition) is 4. The van der Waals surface area contributed by atoms with Crippen LogP contribution in [-0.4, -0.2) is 26.2 Å². The number of allylic oxidation sites excluding steroid dienone is 2. The molecule has 0 N–H and O–H groups in total. The quantitative estimate of drug-likeness (QED) is 0.399. The van der Waals surface area contributed by atoms with Crippen LogP contribution >= 0.6 is 0 Å². The van der Waals surface area contributed by atoms with Crippen LogP contribution in [0, 0.1) is 22.7 Å². The minimum atomic E-state index is -0.405. The van der Waals surface area contributed by atoms with Gasteiger partial charge in [0.05, 0.1) is 19.6 Å². The zero-order chi connectivity index (χ0) is 19.5. The Kier molecular flexibility index (Phi) is 6.36. The van der Waals surface area contributed by atoms with Crippen LogP contribution in [-0.2, 0) is 19.1 Å². The van der Waals surface area contributed by atoms with Crippen LogP contribution in [0.2, 0.25) is 0 Å². The lowest BCUT2D eigenvalue weighted by molar-refractivity contribution is -0.168. The van der Waals surface area contributed by atoms with E-state index in [1.165, 1.54) is 19.8 Å². The van der Waals surface area contributed by atoms with Gasteiger partial charge in [-0.15, -0.1) is 0 Å². The lowest BCUT2D eigenvalue weighted by Crippen LogP contribution is -2.53. The molecule has 0 saturated heterocycles. The normalized spacial score (nSPS) is 34.8. The zero-order valence-electron chi connectivity index (χ0n) is 17.0. The molecule has 0 aromatic rings. The molecule has 0 unspecified atom stereocenters. The number of carbonyl (C=O) groups excluding carboxylic acids is 2. The predicted octanol–water partition coefficient (Wildman–Crippen LogP) is 4.84. The predicted molar refractivity (Wildman–Crippen MR) is 102 cm³/mol. The molecule has 0 aromatic carbocycles. The van der Waals surface area contributed by atoms with Crippen molar-refractivity contribution in [1.29, 1.82) is 0 Å². The monoisotopic (exact) mass is 362 g/mol. The third-order valence-corrected chi connectivity index (χ3v) is 7.06. The fourth-order valence-electron chi connectivity index (χ4n) is 5.66. The second-order valence-corrected chi connectivity index (χ2v) is 8.62. The highest BCUT2D eigenvalue weighted by Crippen LogP contribution is 2.62. The molecule has 4 heteroatoms. The van der Waals surface area contributed by atoms with E-state index in [1.807, 2.05) is 6.92 Å². The van der Waals surface area contributed by atoms with Gasteiger partial charge in [-0.1, -0.05) is 31.1 Å². The molecule has 2 aliphatic carbocycles. The van der Waals surface area contributed by atoms with Crippen molar-refractivity contribution in [2.45, 2.75) is 65.7 Å². The largest absolute Gasteiger partial charge is 0.469 e. The van der Waals surface area contributed by atoms with E-state index in [2.05, 4.69) is 20.4 Å². The van der Waals surface area contributed by atoms with Gasteiger partial charge in [0, 0.05) is 6.08 Å². The van der Waals surface area contributed by atoms with Gasteiger partial charge in [0.15, 0.2) is 0 Å². The average Bonchev–Trinajstić information content (AvgIpc) is 2.59. The summed E-state index contributed by atoms with van der Waals surface area (Å²) in [7, 11) is 2.90. The van der Waals surface area contributed by atoms with Gasteiger partial charge in [0.1, 0.15) is 0 Å². The first-order chi connectivity index (χ1) is 12.2. The number of rotatable bonds is 5. The molecule has 0 spiro atoms. The molecule has 2 rings (SSSR count). The van der Waals surface area contributed by atoms with Gasteiger partial charge in [0.2, 0.25) is 0 Å². The van der Waals surface area contributed by atoms with E-state index in [4.69, 9.17) is 9.47 Å².